The maximum Gasteiger partial charge on any atom is 0.0726 e. The zero-order valence-electron chi connectivity index (χ0n) is 31.5. The van der Waals surface area contributed by atoms with E-state index < -0.39 is 5.41 Å². The quantitative estimate of drug-likeness (QED) is 0.168. The zero-order chi connectivity index (χ0) is 38.4. The van der Waals surface area contributed by atoms with Crippen LogP contribution in [0, 0.1) is 0 Å². The Hall–Kier alpha value is -6.94. The highest BCUT2D eigenvalue weighted by Crippen LogP contribution is 2.63. The van der Waals surface area contributed by atoms with Gasteiger partial charge in [0.2, 0.25) is 0 Å². The number of benzene rings is 9. The number of hydrogen-bond acceptors (Lipinski definition) is 1. The molecule has 0 N–H and O–H groups in total. The van der Waals surface area contributed by atoms with Crippen molar-refractivity contribution in [2.45, 2.75) is 5.41 Å². The van der Waals surface area contributed by atoms with Gasteiger partial charge in [-0.25, -0.2) is 0 Å². The minimum atomic E-state index is -0.480. The Morgan fingerprint density at radius 2 is 0.914 bits per heavy atom. The van der Waals surface area contributed by atoms with Crippen molar-refractivity contribution in [3.63, 3.8) is 0 Å². The van der Waals surface area contributed by atoms with Crippen LogP contribution in [0.15, 0.2) is 217 Å². The highest BCUT2D eigenvalue weighted by molar-refractivity contribution is 9.10. The third-order valence-electron chi connectivity index (χ3n) is 12.5. The van der Waals surface area contributed by atoms with E-state index in [4.69, 9.17) is 0 Å². The van der Waals surface area contributed by atoms with Crippen molar-refractivity contribution in [2.24, 2.45) is 0 Å². The molecule has 12 rings (SSSR count). The summed E-state index contributed by atoms with van der Waals surface area (Å²) in [6.45, 7) is 0. The summed E-state index contributed by atoms with van der Waals surface area (Å²) in [5.74, 6) is 0. The van der Waals surface area contributed by atoms with Crippen LogP contribution < -0.4 is 4.90 Å². The van der Waals surface area contributed by atoms with Crippen LogP contribution in [0.1, 0.15) is 22.3 Å². The second-order valence-corrected chi connectivity index (χ2v) is 16.3. The Kier molecular flexibility index (Phi) is 7.33. The van der Waals surface area contributed by atoms with Gasteiger partial charge in [0.05, 0.1) is 22.1 Å². The number of anilines is 3. The molecule has 10 aromatic rings. The highest BCUT2D eigenvalue weighted by atomic mass is 79.9. The van der Waals surface area contributed by atoms with Crippen LogP contribution in [-0.4, -0.2) is 4.57 Å². The van der Waals surface area contributed by atoms with Crippen LogP contribution in [0.2, 0.25) is 0 Å². The molecule has 1 heterocycles. The number of aromatic nitrogens is 1. The average Bonchev–Trinajstić information content (AvgIpc) is 3.88. The molecule has 3 heteroatoms. The summed E-state index contributed by atoms with van der Waals surface area (Å²) in [5.41, 5.74) is 19.1. The van der Waals surface area contributed by atoms with Gasteiger partial charge in [0.15, 0.2) is 0 Å². The second-order valence-electron chi connectivity index (χ2n) is 15.4. The predicted molar refractivity (Wildman–Crippen MR) is 245 cm³/mol. The highest BCUT2D eigenvalue weighted by Gasteiger charge is 2.51. The van der Waals surface area contributed by atoms with Gasteiger partial charge in [0.25, 0.3) is 0 Å². The Morgan fingerprint density at radius 1 is 0.379 bits per heavy atom. The van der Waals surface area contributed by atoms with E-state index in [2.05, 4.69) is 238 Å². The van der Waals surface area contributed by atoms with Crippen molar-refractivity contribution in [1.29, 1.82) is 0 Å². The number of rotatable bonds is 5. The molecule has 2 aliphatic carbocycles. The fourth-order valence-electron chi connectivity index (χ4n) is 10.1. The molecular formula is C55H35BrN2. The molecule has 0 bridgehead atoms. The number of nitrogens with zero attached hydrogens (tertiary/aromatic N) is 2. The molecule has 272 valence electrons. The normalized spacial score (nSPS) is 14.7. The number of halogens is 1. The Balaban J connectivity index is 1.16. The SMILES string of the molecule is Brc1ccc2c(c1)C1(c3ccccc3-2)c2ccccc2-c2ccc(N(c3ccc4c5ccccc5n(-c5ccccc5)c4c3)c3ccccc3-c3ccccc3)cc21. The molecular weight excluding hydrogens is 769 g/mol. The lowest BCUT2D eigenvalue weighted by Gasteiger charge is -2.33. The van der Waals surface area contributed by atoms with E-state index >= 15 is 0 Å². The van der Waals surface area contributed by atoms with Gasteiger partial charge in [-0.2, -0.15) is 0 Å². The Morgan fingerprint density at radius 3 is 1.67 bits per heavy atom. The maximum absolute atomic E-state index is 3.89. The topological polar surface area (TPSA) is 8.17 Å². The lowest BCUT2D eigenvalue weighted by atomic mass is 9.70. The van der Waals surface area contributed by atoms with Crippen molar-refractivity contribution in [2.75, 3.05) is 4.90 Å². The molecule has 1 atom stereocenters. The summed E-state index contributed by atoms with van der Waals surface area (Å²) in [6.07, 6.45) is 0. The first kappa shape index (κ1) is 33.2. The summed E-state index contributed by atoms with van der Waals surface area (Å²) in [7, 11) is 0. The molecule has 0 aliphatic heterocycles. The summed E-state index contributed by atoms with van der Waals surface area (Å²) in [4.78, 5) is 2.48. The second kappa shape index (κ2) is 12.8. The zero-order valence-corrected chi connectivity index (χ0v) is 33.1. The lowest BCUT2D eigenvalue weighted by molar-refractivity contribution is 0.793. The minimum Gasteiger partial charge on any atom is -0.310 e. The van der Waals surface area contributed by atoms with E-state index in [1.807, 2.05) is 0 Å². The fraction of sp³-hybridized carbons (Fsp3) is 0.0182. The van der Waals surface area contributed by atoms with E-state index in [0.717, 1.165) is 27.2 Å². The summed E-state index contributed by atoms with van der Waals surface area (Å²) in [6, 6.07) is 78.2. The van der Waals surface area contributed by atoms with E-state index in [-0.39, 0.29) is 0 Å². The summed E-state index contributed by atoms with van der Waals surface area (Å²) in [5, 5.41) is 2.47. The predicted octanol–water partition coefficient (Wildman–Crippen LogP) is 15.0. The first-order valence-electron chi connectivity index (χ1n) is 19.9. The molecule has 1 aromatic heterocycles. The van der Waals surface area contributed by atoms with Crippen LogP contribution in [0.25, 0.3) is 60.9 Å². The van der Waals surface area contributed by atoms with Crippen LogP contribution in [-0.2, 0) is 5.41 Å². The van der Waals surface area contributed by atoms with E-state index in [0.29, 0.717) is 0 Å². The standard InChI is InChI=1S/C55H35BrN2/c56-37-27-30-44-42-20-7-11-23-48(42)55(50(44)33-37)49-24-12-8-21-43(49)45-31-28-39(34-51(45)55)57(52-25-13-9-19-41(52)36-15-3-1-4-16-36)40-29-32-47-46-22-10-14-26-53(46)58(54(47)35-40)38-17-5-2-6-18-38/h1-35H. The molecule has 0 fully saturated rings. The lowest BCUT2D eigenvalue weighted by Crippen LogP contribution is -2.26. The van der Waals surface area contributed by atoms with Gasteiger partial charge < -0.3 is 9.47 Å². The average molecular weight is 804 g/mol. The molecule has 58 heavy (non-hydrogen) atoms. The van der Waals surface area contributed by atoms with Gasteiger partial charge >= 0.3 is 0 Å². The Labute approximate surface area is 346 Å². The third kappa shape index (κ3) is 4.65. The third-order valence-corrected chi connectivity index (χ3v) is 12.9. The summed E-state index contributed by atoms with van der Waals surface area (Å²) >= 11 is 3.89. The molecule has 1 unspecified atom stereocenters. The molecule has 0 amide bonds. The van der Waals surface area contributed by atoms with Gasteiger partial charge in [-0.05, 0) is 111 Å². The molecule has 2 nitrogen and oxygen atoms in total. The monoisotopic (exact) mass is 802 g/mol. The summed E-state index contributed by atoms with van der Waals surface area (Å²) < 4.78 is 3.50. The molecule has 0 saturated carbocycles. The van der Waals surface area contributed by atoms with E-state index in [1.54, 1.807) is 0 Å². The van der Waals surface area contributed by atoms with Crippen LogP contribution in [0.5, 0.6) is 0 Å². The van der Waals surface area contributed by atoms with Crippen molar-refractivity contribution >= 4 is 54.8 Å². The maximum atomic E-state index is 3.89. The molecule has 2 aliphatic rings. The van der Waals surface area contributed by atoms with Crippen LogP contribution >= 0.6 is 15.9 Å². The minimum absolute atomic E-state index is 0.480. The number of fused-ring (bicyclic) bond motifs is 13. The van der Waals surface area contributed by atoms with E-state index in [1.165, 1.54) is 77.4 Å². The number of para-hydroxylation sites is 3. The number of hydrogen-bond donors (Lipinski definition) is 0. The first-order chi connectivity index (χ1) is 28.7. The Bertz CT molecular complexity index is 3240. The van der Waals surface area contributed by atoms with Crippen molar-refractivity contribution in [3.8, 4) is 39.1 Å². The fourth-order valence-corrected chi connectivity index (χ4v) is 10.5. The molecule has 9 aromatic carbocycles. The van der Waals surface area contributed by atoms with Crippen molar-refractivity contribution in [3.05, 3.63) is 239 Å². The van der Waals surface area contributed by atoms with Gasteiger partial charge in [-0.3, -0.25) is 0 Å². The van der Waals surface area contributed by atoms with Crippen LogP contribution in [0.4, 0.5) is 17.1 Å². The largest absolute Gasteiger partial charge is 0.310 e. The molecule has 0 radical (unpaired) electrons. The molecule has 0 saturated heterocycles. The van der Waals surface area contributed by atoms with Crippen molar-refractivity contribution in [1.82, 2.24) is 4.57 Å². The van der Waals surface area contributed by atoms with Crippen LogP contribution in [0.3, 0.4) is 0 Å². The molecule has 1 spiro atoms. The van der Waals surface area contributed by atoms with Crippen molar-refractivity contribution < 1.29 is 0 Å². The van der Waals surface area contributed by atoms with Gasteiger partial charge in [-0.15, -0.1) is 0 Å². The van der Waals surface area contributed by atoms with Gasteiger partial charge in [-0.1, -0.05) is 168 Å². The van der Waals surface area contributed by atoms with E-state index in [9.17, 15) is 0 Å². The van der Waals surface area contributed by atoms with Gasteiger partial charge in [0, 0.05) is 37.9 Å². The van der Waals surface area contributed by atoms with Gasteiger partial charge in [0.1, 0.15) is 0 Å². The smallest absolute Gasteiger partial charge is 0.0726 e. The first-order valence-corrected chi connectivity index (χ1v) is 20.7.